The highest BCUT2D eigenvalue weighted by Crippen LogP contribution is 2.38. The third-order valence-electron chi connectivity index (χ3n) is 6.97. The predicted molar refractivity (Wildman–Crippen MR) is 147 cm³/mol. The summed E-state index contributed by atoms with van der Waals surface area (Å²) in [4.78, 5) is 25.8. The molecule has 1 saturated heterocycles. The highest BCUT2D eigenvalue weighted by atomic mass is 16.7. The standard InChI is InChI=1S/C29H33NO11/c1-12(2)6-7-14-10-15(11-17(31)20(14)32)26(37)30-19-21(33)16-8-9-18(13(3)24(16)40-27(19)38)39-28-23(35)22(34)25(36)29(4,5)41-28/h6,8-11,22-23,25,28,31-36H,7H2,1-5H3,(H,30,37)/t22-,23+,25+,28+/m0/s1. The average Bonchev–Trinajstić information content (AvgIpc) is 2.90. The first-order chi connectivity index (χ1) is 19.1. The van der Waals surface area contributed by atoms with Crippen LogP contribution in [0, 0.1) is 6.92 Å². The summed E-state index contributed by atoms with van der Waals surface area (Å²) in [5.74, 6) is -2.22. The highest BCUT2D eigenvalue weighted by Gasteiger charge is 2.49. The quantitative estimate of drug-likeness (QED) is 0.130. The van der Waals surface area contributed by atoms with Crippen LogP contribution in [0.2, 0.25) is 0 Å². The third-order valence-corrected chi connectivity index (χ3v) is 6.97. The Kier molecular flexibility index (Phi) is 8.05. The summed E-state index contributed by atoms with van der Waals surface area (Å²) in [5.41, 5.74) is -1.52. The van der Waals surface area contributed by atoms with Crippen molar-refractivity contribution in [1.29, 1.82) is 0 Å². The van der Waals surface area contributed by atoms with E-state index in [1.54, 1.807) is 6.08 Å². The van der Waals surface area contributed by atoms with Crippen LogP contribution in [0.4, 0.5) is 5.69 Å². The molecule has 12 heteroatoms. The monoisotopic (exact) mass is 571 g/mol. The van der Waals surface area contributed by atoms with E-state index in [0.29, 0.717) is 0 Å². The number of hydrogen-bond donors (Lipinski definition) is 7. The summed E-state index contributed by atoms with van der Waals surface area (Å²) >= 11 is 0. The molecule has 2 heterocycles. The SMILES string of the molecule is CC(C)=CCc1cc(C(=O)Nc2c(O)c3ccc(O[C@@H]4OC(C)(C)[C@H](O)[C@@H](O)[C@H]4O)c(C)c3oc2=O)cc(O)c1O. The van der Waals surface area contributed by atoms with Gasteiger partial charge in [-0.05, 0) is 65.3 Å². The first-order valence-corrected chi connectivity index (χ1v) is 12.8. The molecule has 1 fully saturated rings. The number of aliphatic hydroxyl groups excluding tert-OH is 3. The zero-order valence-electron chi connectivity index (χ0n) is 23.1. The number of allylic oxidation sites excluding steroid dienone is 2. The molecule has 41 heavy (non-hydrogen) atoms. The molecule has 0 saturated carbocycles. The van der Waals surface area contributed by atoms with Crippen LogP contribution in [0.5, 0.6) is 23.0 Å². The maximum Gasteiger partial charge on any atom is 0.364 e. The Morgan fingerprint density at radius 3 is 2.41 bits per heavy atom. The van der Waals surface area contributed by atoms with Crippen molar-refractivity contribution in [2.75, 3.05) is 5.32 Å². The van der Waals surface area contributed by atoms with Crippen molar-refractivity contribution in [2.45, 2.75) is 71.2 Å². The fourth-order valence-corrected chi connectivity index (χ4v) is 4.49. The Morgan fingerprint density at radius 2 is 1.76 bits per heavy atom. The first kappa shape index (κ1) is 29.9. The fraction of sp³-hybridized carbons (Fsp3) is 0.379. The largest absolute Gasteiger partial charge is 0.505 e. The van der Waals surface area contributed by atoms with Crippen LogP contribution < -0.4 is 15.7 Å². The predicted octanol–water partition coefficient (Wildman–Crippen LogP) is 2.58. The van der Waals surface area contributed by atoms with Crippen LogP contribution in [0.25, 0.3) is 11.0 Å². The molecule has 0 radical (unpaired) electrons. The van der Waals surface area contributed by atoms with Crippen molar-refractivity contribution in [3.63, 3.8) is 0 Å². The third kappa shape index (κ3) is 5.72. The minimum Gasteiger partial charge on any atom is -0.505 e. The number of carbonyl (C=O) groups excluding carboxylic acids is 1. The lowest BCUT2D eigenvalue weighted by Crippen LogP contribution is -2.63. The molecule has 220 valence electrons. The van der Waals surface area contributed by atoms with Crippen LogP contribution in [0.1, 0.15) is 49.2 Å². The van der Waals surface area contributed by atoms with Crippen molar-refractivity contribution in [2.24, 2.45) is 0 Å². The molecule has 0 spiro atoms. The fourth-order valence-electron chi connectivity index (χ4n) is 4.49. The smallest absolute Gasteiger partial charge is 0.364 e. The van der Waals surface area contributed by atoms with Crippen molar-refractivity contribution in [3.8, 4) is 23.0 Å². The van der Waals surface area contributed by atoms with Gasteiger partial charge < -0.3 is 49.8 Å². The van der Waals surface area contributed by atoms with Crippen molar-refractivity contribution in [3.05, 3.63) is 63.0 Å². The number of phenols is 2. The average molecular weight is 572 g/mol. The van der Waals surface area contributed by atoms with Crippen LogP contribution in [-0.4, -0.2) is 66.7 Å². The van der Waals surface area contributed by atoms with E-state index in [1.165, 1.54) is 39.0 Å². The van der Waals surface area contributed by atoms with Crippen LogP contribution >= 0.6 is 0 Å². The van der Waals surface area contributed by atoms with E-state index in [0.717, 1.165) is 11.6 Å². The lowest BCUT2D eigenvalue weighted by Gasteiger charge is -2.45. The summed E-state index contributed by atoms with van der Waals surface area (Å²) in [6.45, 7) is 8.28. The number of aliphatic hydroxyl groups is 3. The van der Waals surface area contributed by atoms with Gasteiger partial charge in [0.1, 0.15) is 29.6 Å². The number of fused-ring (bicyclic) bond motifs is 1. The van der Waals surface area contributed by atoms with E-state index >= 15 is 0 Å². The van der Waals surface area contributed by atoms with Crippen molar-refractivity contribution in [1.82, 2.24) is 0 Å². The topological polar surface area (TPSA) is 199 Å². The molecule has 0 aliphatic carbocycles. The number of phenolic OH excluding ortho intramolecular Hbond substituents is 2. The maximum absolute atomic E-state index is 13.0. The molecule has 1 aromatic heterocycles. The van der Waals surface area contributed by atoms with Gasteiger partial charge in [0.25, 0.3) is 5.91 Å². The number of amides is 1. The number of rotatable bonds is 6. The number of ether oxygens (including phenoxy) is 2. The number of aromatic hydroxyl groups is 3. The maximum atomic E-state index is 13.0. The van der Waals surface area contributed by atoms with Gasteiger partial charge in [0.15, 0.2) is 22.9 Å². The Labute approximate surface area is 234 Å². The Balaban J connectivity index is 1.65. The molecule has 7 N–H and O–H groups in total. The normalized spacial score (nSPS) is 21.9. The summed E-state index contributed by atoms with van der Waals surface area (Å²) < 4.78 is 16.8. The number of nitrogens with one attached hydrogen (secondary N) is 1. The minimum atomic E-state index is -1.59. The van der Waals surface area contributed by atoms with Crippen LogP contribution in [0.15, 0.2) is 45.1 Å². The summed E-state index contributed by atoms with van der Waals surface area (Å²) in [6.07, 6.45) is -3.83. The number of aryl methyl sites for hydroxylation is 1. The molecular weight excluding hydrogens is 538 g/mol. The second-order valence-corrected chi connectivity index (χ2v) is 10.8. The Morgan fingerprint density at radius 1 is 1.07 bits per heavy atom. The molecule has 0 unspecified atom stereocenters. The van der Waals surface area contributed by atoms with Gasteiger partial charge in [0.2, 0.25) is 6.29 Å². The zero-order chi connectivity index (χ0) is 30.4. The van der Waals surface area contributed by atoms with E-state index < -0.39 is 58.9 Å². The van der Waals surface area contributed by atoms with Crippen LogP contribution in [-0.2, 0) is 11.2 Å². The molecule has 2 aromatic carbocycles. The van der Waals surface area contributed by atoms with E-state index in [4.69, 9.17) is 13.9 Å². The van der Waals surface area contributed by atoms with Gasteiger partial charge in [-0.15, -0.1) is 0 Å². The molecule has 1 aliphatic heterocycles. The van der Waals surface area contributed by atoms with Gasteiger partial charge >= 0.3 is 5.63 Å². The minimum absolute atomic E-state index is 0.0587. The molecule has 4 atom stereocenters. The molecule has 1 aliphatic rings. The second-order valence-electron chi connectivity index (χ2n) is 10.8. The number of hydrogen-bond acceptors (Lipinski definition) is 11. The number of anilines is 1. The number of carbonyl (C=O) groups is 1. The van der Waals surface area contributed by atoms with E-state index in [-0.39, 0.29) is 45.6 Å². The molecule has 1 amide bonds. The van der Waals surface area contributed by atoms with Gasteiger partial charge in [0, 0.05) is 16.7 Å². The molecule has 4 rings (SSSR count). The molecule has 0 bridgehead atoms. The summed E-state index contributed by atoms with van der Waals surface area (Å²) in [6, 6.07) is 5.16. The zero-order valence-corrected chi connectivity index (χ0v) is 23.1. The lowest BCUT2D eigenvalue weighted by molar-refractivity contribution is -0.301. The number of benzene rings is 2. The van der Waals surface area contributed by atoms with E-state index in [2.05, 4.69) is 5.32 Å². The van der Waals surface area contributed by atoms with E-state index in [9.17, 15) is 40.2 Å². The molecule has 12 nitrogen and oxygen atoms in total. The van der Waals surface area contributed by atoms with Gasteiger partial charge in [0.05, 0.1) is 11.0 Å². The van der Waals surface area contributed by atoms with Crippen LogP contribution in [0.3, 0.4) is 0 Å². The lowest BCUT2D eigenvalue weighted by atomic mass is 9.90. The molecular formula is C29H33NO11. The van der Waals surface area contributed by atoms with Gasteiger partial charge in [-0.1, -0.05) is 11.6 Å². The highest BCUT2D eigenvalue weighted by molar-refractivity contribution is 6.07. The van der Waals surface area contributed by atoms with Crippen molar-refractivity contribution < 1.29 is 49.3 Å². The van der Waals surface area contributed by atoms with Gasteiger partial charge in [-0.3, -0.25) is 4.79 Å². The Hall–Kier alpha value is -4.10. The van der Waals surface area contributed by atoms with Gasteiger partial charge in [-0.2, -0.15) is 0 Å². The Bertz CT molecular complexity index is 1590. The summed E-state index contributed by atoms with van der Waals surface area (Å²) in [5, 5.41) is 64.2. The van der Waals surface area contributed by atoms with Gasteiger partial charge in [-0.25, -0.2) is 4.79 Å². The van der Waals surface area contributed by atoms with E-state index in [1.807, 2.05) is 13.8 Å². The first-order valence-electron chi connectivity index (χ1n) is 12.8. The van der Waals surface area contributed by atoms with Crippen molar-refractivity contribution >= 4 is 22.6 Å². The summed E-state index contributed by atoms with van der Waals surface area (Å²) in [7, 11) is 0. The second kappa shape index (κ2) is 11.1. The molecule has 3 aromatic rings.